The van der Waals surface area contributed by atoms with Crippen molar-refractivity contribution in [3.63, 3.8) is 0 Å². The number of sulfonamides is 1. The van der Waals surface area contributed by atoms with Crippen molar-refractivity contribution in [1.82, 2.24) is 19.5 Å². The zero-order valence-corrected chi connectivity index (χ0v) is 16.4. The maximum Gasteiger partial charge on any atom is 0.242 e. The van der Waals surface area contributed by atoms with E-state index in [-0.39, 0.29) is 16.1 Å². The summed E-state index contributed by atoms with van der Waals surface area (Å²) in [7, 11) is -3.72. The maximum absolute atomic E-state index is 13.7. The highest BCUT2D eigenvalue weighted by atomic mass is 32.2. The first-order valence-corrected chi connectivity index (χ1v) is 10.5. The Kier molecular flexibility index (Phi) is 4.55. The smallest absolute Gasteiger partial charge is 0.242 e. The van der Waals surface area contributed by atoms with Crippen LogP contribution in [0.2, 0.25) is 0 Å². The van der Waals surface area contributed by atoms with E-state index in [1.807, 2.05) is 0 Å². The van der Waals surface area contributed by atoms with Crippen molar-refractivity contribution in [2.75, 3.05) is 0 Å². The highest BCUT2D eigenvalue weighted by Gasteiger charge is 2.37. The summed E-state index contributed by atoms with van der Waals surface area (Å²) in [5, 5.41) is 4.43. The minimum absolute atomic E-state index is 0.123. The highest BCUT2D eigenvalue weighted by molar-refractivity contribution is 7.89. The topological polar surface area (TPSA) is 76.9 Å². The molecule has 2 aromatic heterocycles. The van der Waals surface area contributed by atoms with Crippen LogP contribution < -0.4 is 4.72 Å². The Labute approximate surface area is 163 Å². The average Bonchev–Trinajstić information content (AvgIpc) is 3.05. The predicted octanol–water partition coefficient (Wildman–Crippen LogP) is 3.40. The Hall–Kier alpha value is -2.58. The summed E-state index contributed by atoms with van der Waals surface area (Å²) in [6.45, 7) is 4.18. The van der Waals surface area contributed by atoms with Crippen molar-refractivity contribution in [2.45, 2.75) is 37.6 Å². The standard InChI is InChI=1S/C20H21FN4O2S/c1-20(2)10-18(24-28(26,27)16-7-4-8-22-12-16)17-13-23-25(19(17)11-20)15-6-3-5-14(21)9-15/h3-9,12-13,18,24H,10-11H2,1-2H3/t18-/m1/s1. The monoisotopic (exact) mass is 400 g/mol. The number of halogens is 1. The third-order valence-corrected chi connectivity index (χ3v) is 6.43. The number of nitrogens with one attached hydrogen (secondary N) is 1. The Morgan fingerprint density at radius 1 is 1.21 bits per heavy atom. The Morgan fingerprint density at radius 3 is 2.75 bits per heavy atom. The molecule has 0 bridgehead atoms. The second-order valence-electron chi connectivity index (χ2n) is 7.85. The van der Waals surface area contributed by atoms with E-state index in [9.17, 15) is 12.8 Å². The third kappa shape index (κ3) is 3.57. The lowest BCUT2D eigenvalue weighted by Crippen LogP contribution is -2.36. The molecule has 1 aromatic carbocycles. The van der Waals surface area contributed by atoms with E-state index in [0.717, 1.165) is 11.3 Å². The summed E-state index contributed by atoms with van der Waals surface area (Å²) < 4.78 is 43.8. The van der Waals surface area contributed by atoms with Crippen LogP contribution in [0.15, 0.2) is 59.9 Å². The normalized spacial score (nSPS) is 18.6. The number of aromatic nitrogens is 3. The van der Waals surface area contributed by atoms with E-state index in [2.05, 4.69) is 28.7 Å². The summed E-state index contributed by atoms with van der Waals surface area (Å²) in [6.07, 6.45) is 5.88. The Morgan fingerprint density at radius 2 is 2.04 bits per heavy atom. The molecule has 1 atom stereocenters. The fourth-order valence-electron chi connectivity index (χ4n) is 3.74. The first kappa shape index (κ1) is 18.8. The van der Waals surface area contributed by atoms with Gasteiger partial charge in [0.1, 0.15) is 10.7 Å². The van der Waals surface area contributed by atoms with Crippen LogP contribution in [0.4, 0.5) is 4.39 Å². The number of hydrogen-bond acceptors (Lipinski definition) is 4. The maximum atomic E-state index is 13.7. The van der Waals surface area contributed by atoms with Gasteiger partial charge in [0, 0.05) is 23.7 Å². The molecule has 1 N–H and O–H groups in total. The summed E-state index contributed by atoms with van der Waals surface area (Å²) >= 11 is 0. The molecule has 2 heterocycles. The molecule has 0 radical (unpaired) electrons. The zero-order valence-electron chi connectivity index (χ0n) is 15.6. The van der Waals surface area contributed by atoms with Gasteiger partial charge in [-0.3, -0.25) is 4.98 Å². The number of hydrogen-bond donors (Lipinski definition) is 1. The summed E-state index contributed by atoms with van der Waals surface area (Å²) in [6, 6.07) is 8.90. The van der Waals surface area contributed by atoms with Crippen molar-refractivity contribution in [2.24, 2.45) is 5.41 Å². The van der Waals surface area contributed by atoms with Crippen LogP contribution in [-0.2, 0) is 16.4 Å². The molecule has 0 aliphatic heterocycles. The summed E-state index contributed by atoms with van der Waals surface area (Å²) in [4.78, 5) is 4.02. The lowest BCUT2D eigenvalue weighted by atomic mass is 9.74. The number of rotatable bonds is 4. The van der Waals surface area contributed by atoms with E-state index in [1.165, 1.54) is 30.6 Å². The number of nitrogens with zero attached hydrogens (tertiary/aromatic N) is 3. The fraction of sp³-hybridized carbons (Fsp3) is 0.300. The first-order valence-electron chi connectivity index (χ1n) is 9.00. The molecule has 28 heavy (non-hydrogen) atoms. The van der Waals surface area contributed by atoms with Crippen LogP contribution >= 0.6 is 0 Å². The second kappa shape index (κ2) is 6.79. The van der Waals surface area contributed by atoms with E-state index in [0.29, 0.717) is 18.5 Å². The van der Waals surface area contributed by atoms with Crippen LogP contribution in [0.25, 0.3) is 5.69 Å². The minimum Gasteiger partial charge on any atom is -0.263 e. The van der Waals surface area contributed by atoms with E-state index < -0.39 is 16.1 Å². The molecule has 0 saturated carbocycles. The van der Waals surface area contributed by atoms with Crippen LogP contribution in [-0.4, -0.2) is 23.2 Å². The molecule has 8 heteroatoms. The van der Waals surface area contributed by atoms with Crippen molar-refractivity contribution in [3.05, 3.63) is 72.1 Å². The van der Waals surface area contributed by atoms with Crippen LogP contribution in [0, 0.1) is 11.2 Å². The van der Waals surface area contributed by atoms with E-state index in [4.69, 9.17) is 0 Å². The first-order chi connectivity index (χ1) is 13.3. The quantitative estimate of drug-likeness (QED) is 0.728. The number of pyridine rings is 1. The second-order valence-corrected chi connectivity index (χ2v) is 9.56. The van der Waals surface area contributed by atoms with Gasteiger partial charge >= 0.3 is 0 Å². The van der Waals surface area contributed by atoms with Gasteiger partial charge in [-0.1, -0.05) is 19.9 Å². The molecule has 6 nitrogen and oxygen atoms in total. The van der Waals surface area contributed by atoms with Crippen LogP contribution in [0.1, 0.15) is 37.6 Å². The van der Waals surface area contributed by atoms with Gasteiger partial charge < -0.3 is 0 Å². The molecule has 0 unspecified atom stereocenters. The molecule has 0 spiro atoms. The molecule has 146 valence electrons. The average molecular weight is 400 g/mol. The van der Waals surface area contributed by atoms with Gasteiger partial charge in [0.05, 0.1) is 17.9 Å². The predicted molar refractivity (Wildman–Crippen MR) is 103 cm³/mol. The lowest BCUT2D eigenvalue weighted by molar-refractivity contribution is 0.268. The van der Waals surface area contributed by atoms with Gasteiger partial charge in [-0.25, -0.2) is 22.2 Å². The zero-order chi connectivity index (χ0) is 19.9. The lowest BCUT2D eigenvalue weighted by Gasteiger charge is -2.35. The van der Waals surface area contributed by atoms with E-state index >= 15 is 0 Å². The molecule has 1 aliphatic rings. The van der Waals surface area contributed by atoms with Crippen molar-refractivity contribution >= 4 is 10.0 Å². The van der Waals surface area contributed by atoms with Gasteiger partial charge in [-0.05, 0) is 48.6 Å². The molecular formula is C20H21FN4O2S. The van der Waals surface area contributed by atoms with Crippen LogP contribution in [0.5, 0.6) is 0 Å². The molecule has 0 fully saturated rings. The summed E-state index contributed by atoms with van der Waals surface area (Å²) in [5.41, 5.74) is 2.17. The molecule has 0 saturated heterocycles. The molecule has 3 aromatic rings. The minimum atomic E-state index is -3.72. The van der Waals surface area contributed by atoms with Crippen LogP contribution in [0.3, 0.4) is 0 Å². The largest absolute Gasteiger partial charge is 0.263 e. The van der Waals surface area contributed by atoms with E-state index in [1.54, 1.807) is 29.1 Å². The number of fused-ring (bicyclic) bond motifs is 1. The van der Waals surface area contributed by atoms with Crippen molar-refractivity contribution in [1.29, 1.82) is 0 Å². The molecule has 4 rings (SSSR count). The fourth-order valence-corrected chi connectivity index (χ4v) is 4.92. The van der Waals surface area contributed by atoms with Gasteiger partial charge in [0.15, 0.2) is 0 Å². The van der Waals surface area contributed by atoms with Crippen molar-refractivity contribution < 1.29 is 12.8 Å². The summed E-state index contributed by atoms with van der Waals surface area (Å²) in [5.74, 6) is -0.342. The Balaban J connectivity index is 1.74. The SMILES string of the molecule is CC1(C)Cc2c(cnn2-c2cccc(F)c2)[C@H](NS(=O)(=O)c2cccnc2)C1. The molecular weight excluding hydrogens is 379 g/mol. The molecule has 0 amide bonds. The highest BCUT2D eigenvalue weighted by Crippen LogP contribution is 2.42. The third-order valence-electron chi connectivity index (χ3n) is 4.97. The van der Waals surface area contributed by atoms with Gasteiger partial charge in [0.25, 0.3) is 0 Å². The van der Waals surface area contributed by atoms with Gasteiger partial charge in [0.2, 0.25) is 10.0 Å². The Bertz CT molecular complexity index is 1110. The number of benzene rings is 1. The van der Waals surface area contributed by atoms with Gasteiger partial charge in [-0.2, -0.15) is 5.10 Å². The van der Waals surface area contributed by atoms with Crippen molar-refractivity contribution in [3.8, 4) is 5.69 Å². The van der Waals surface area contributed by atoms with Gasteiger partial charge in [-0.15, -0.1) is 0 Å². The molecule has 1 aliphatic carbocycles.